The summed E-state index contributed by atoms with van der Waals surface area (Å²) in [7, 11) is 0. The summed E-state index contributed by atoms with van der Waals surface area (Å²) in [5.74, 6) is 0. The van der Waals surface area contributed by atoms with Crippen LogP contribution >= 0.6 is 0 Å². The van der Waals surface area contributed by atoms with Crippen LogP contribution in [0.25, 0.3) is 0 Å². The zero-order chi connectivity index (χ0) is 53.6. The Bertz CT molecular complexity index is 1330. The molecule has 0 amide bonds. The van der Waals surface area contributed by atoms with Gasteiger partial charge < -0.3 is 47.2 Å². The van der Waals surface area contributed by atoms with Gasteiger partial charge in [-0.15, -0.1) is 0 Å². The Hall–Kier alpha value is -4.08. The second kappa shape index (κ2) is 33.5. The smallest absolute Gasteiger partial charge is 0.300 e. The summed E-state index contributed by atoms with van der Waals surface area (Å²) in [5, 5.41) is 139. The van der Waals surface area contributed by atoms with Crippen molar-refractivity contribution in [3.8, 4) is 0 Å². The molecule has 0 spiro atoms. The minimum absolute atomic E-state index is 0.132. The lowest BCUT2D eigenvalue weighted by atomic mass is 9.93. The molecule has 0 aromatic carbocycles. The van der Waals surface area contributed by atoms with Gasteiger partial charge in [0, 0.05) is 94.2 Å². The molecular formula is C38H81N11O19. The van der Waals surface area contributed by atoms with E-state index in [1.807, 2.05) is 0 Å². The van der Waals surface area contributed by atoms with Crippen molar-refractivity contribution >= 4 is 0 Å². The summed E-state index contributed by atoms with van der Waals surface area (Å²) in [6.45, 7) is 0.249. The number of hydrogen-bond donors (Lipinski definition) is 9. The predicted molar refractivity (Wildman–Crippen MR) is 246 cm³/mol. The van der Waals surface area contributed by atoms with Crippen molar-refractivity contribution in [2.75, 3.05) is 112 Å². The molecule has 0 aromatic rings. The highest BCUT2D eigenvalue weighted by atomic mass is 16.7. The first-order chi connectivity index (χ1) is 31.8. The van der Waals surface area contributed by atoms with E-state index in [1.165, 1.54) is 50.8 Å². The molecule has 0 bridgehead atoms. The van der Waals surface area contributed by atoms with Crippen LogP contribution in [0.5, 0.6) is 0 Å². The van der Waals surface area contributed by atoms with Crippen molar-refractivity contribution in [3.05, 3.63) is 60.7 Å². The largest absolute Gasteiger partial charge is 0.389 e. The van der Waals surface area contributed by atoms with Crippen molar-refractivity contribution in [2.45, 2.75) is 133 Å². The highest BCUT2D eigenvalue weighted by Gasteiger charge is 2.52. The summed E-state index contributed by atoms with van der Waals surface area (Å²) in [6.07, 6.45) is 2.39. The van der Waals surface area contributed by atoms with Crippen LogP contribution in [0.4, 0.5) is 0 Å². The van der Waals surface area contributed by atoms with Crippen LogP contribution < -0.4 is 11.5 Å². The number of unbranched alkanes of at least 4 members (excludes halogenated alkanes) is 2. The van der Waals surface area contributed by atoms with Gasteiger partial charge in [-0.05, 0) is 25.9 Å². The average molecular weight is 996 g/mol. The van der Waals surface area contributed by atoms with Crippen molar-refractivity contribution in [2.24, 2.45) is 11.5 Å². The Kier molecular flexibility index (Phi) is 33.5. The molecule has 11 N–H and O–H groups in total. The van der Waals surface area contributed by atoms with Gasteiger partial charge in [0.1, 0.15) is 46.2 Å². The molecule has 0 fully saturated rings. The van der Waals surface area contributed by atoms with Crippen LogP contribution in [-0.4, -0.2) is 225 Å². The van der Waals surface area contributed by atoms with Crippen molar-refractivity contribution < 1.29 is 65.3 Å². The minimum atomic E-state index is -2.23. The van der Waals surface area contributed by atoms with Crippen molar-refractivity contribution in [3.63, 3.8) is 0 Å². The fourth-order valence-corrected chi connectivity index (χ4v) is 6.94. The molecule has 5 atom stereocenters. The Morgan fingerprint density at radius 1 is 0.368 bits per heavy atom. The van der Waals surface area contributed by atoms with Crippen LogP contribution in [0.15, 0.2) is 0 Å². The molecule has 0 aliphatic carbocycles. The SMILES string of the molecule is CCC(CO)(CN(CCN(CCN(CC(CC)(CO)[N+](=O)[O-])CC(CC)(CO)[N+](=O)[O-])C(CC)(CO)[N+](=O)[O-])CC(CC)(CO)[N+](=O)[O-])[N+](=O)[O-].CCC(CO)(CO)[N+](=O)[O-].NCCCCCN. The zero-order valence-corrected chi connectivity index (χ0v) is 40.6. The van der Waals surface area contributed by atoms with Crippen LogP contribution in [0.1, 0.15) is 99.3 Å². The molecule has 0 saturated heterocycles. The number of rotatable bonds is 38. The quantitative estimate of drug-likeness (QED) is 0.0146. The van der Waals surface area contributed by atoms with E-state index < -0.39 is 148 Å². The molecule has 30 heteroatoms. The molecule has 402 valence electrons. The zero-order valence-electron chi connectivity index (χ0n) is 40.6. The molecule has 0 aliphatic rings. The van der Waals surface area contributed by atoms with Gasteiger partial charge in [-0.25, -0.2) is 4.90 Å². The van der Waals surface area contributed by atoms with E-state index in [2.05, 4.69) is 0 Å². The third-order valence-electron chi connectivity index (χ3n) is 13.1. The Morgan fingerprint density at radius 3 is 0.750 bits per heavy atom. The summed E-state index contributed by atoms with van der Waals surface area (Å²) >= 11 is 0. The monoisotopic (exact) mass is 996 g/mol. The fraction of sp³-hybridized carbons (Fsp3) is 1.00. The third kappa shape index (κ3) is 18.7. The first-order valence-electron chi connectivity index (χ1n) is 22.6. The molecule has 5 unspecified atom stereocenters. The van der Waals surface area contributed by atoms with Gasteiger partial charge in [0.25, 0.3) is 33.4 Å². The molecule has 0 rings (SSSR count). The fourth-order valence-electron chi connectivity index (χ4n) is 6.94. The molecule has 0 saturated carbocycles. The second-order valence-electron chi connectivity index (χ2n) is 16.9. The molecule has 30 nitrogen and oxygen atoms in total. The van der Waals surface area contributed by atoms with Crippen LogP contribution in [0, 0.1) is 60.7 Å². The third-order valence-corrected chi connectivity index (χ3v) is 13.1. The first-order valence-corrected chi connectivity index (χ1v) is 22.6. The lowest BCUT2D eigenvalue weighted by molar-refractivity contribution is -0.606. The summed E-state index contributed by atoms with van der Waals surface area (Å²) < 4.78 is 0. The normalized spacial score (nSPS) is 16.1. The summed E-state index contributed by atoms with van der Waals surface area (Å²) in [5.41, 5.74) is -1.36. The van der Waals surface area contributed by atoms with E-state index in [9.17, 15) is 86.2 Å². The van der Waals surface area contributed by atoms with Gasteiger partial charge >= 0.3 is 0 Å². The Labute approximate surface area is 396 Å². The van der Waals surface area contributed by atoms with Gasteiger partial charge in [-0.1, -0.05) is 48.0 Å². The Balaban J connectivity index is -0.00000208. The van der Waals surface area contributed by atoms with Gasteiger partial charge in [0.15, 0.2) is 0 Å². The minimum Gasteiger partial charge on any atom is -0.389 e. The second-order valence-corrected chi connectivity index (χ2v) is 16.9. The van der Waals surface area contributed by atoms with E-state index in [0.717, 1.165) is 30.8 Å². The van der Waals surface area contributed by atoms with E-state index in [0.29, 0.717) is 0 Å². The van der Waals surface area contributed by atoms with Crippen molar-refractivity contribution in [1.29, 1.82) is 0 Å². The predicted octanol–water partition coefficient (Wildman–Crippen LogP) is -1.59. The number of hydrogen-bond acceptors (Lipinski definition) is 24. The van der Waals surface area contributed by atoms with E-state index >= 15 is 0 Å². The van der Waals surface area contributed by atoms with Crippen molar-refractivity contribution in [1.82, 2.24) is 14.7 Å². The van der Waals surface area contributed by atoms with E-state index in [-0.39, 0.29) is 51.6 Å². The Morgan fingerprint density at radius 2 is 0.618 bits per heavy atom. The number of nitrogens with two attached hydrogens (primary N) is 2. The van der Waals surface area contributed by atoms with Gasteiger partial charge in [0.05, 0.1) is 26.2 Å². The highest BCUT2D eigenvalue weighted by Crippen LogP contribution is 2.26. The van der Waals surface area contributed by atoms with Crippen LogP contribution in [0.2, 0.25) is 0 Å². The maximum Gasteiger partial charge on any atom is 0.300 e. The number of aliphatic hydroxyl groups is 7. The number of nitrogens with zero attached hydrogens (tertiary/aromatic N) is 9. The van der Waals surface area contributed by atoms with E-state index in [4.69, 9.17) is 21.7 Å². The first kappa shape index (κ1) is 68.2. The van der Waals surface area contributed by atoms with Gasteiger partial charge in [-0.3, -0.25) is 70.5 Å². The van der Waals surface area contributed by atoms with Crippen LogP contribution in [-0.2, 0) is 0 Å². The summed E-state index contributed by atoms with van der Waals surface area (Å²) in [6, 6.07) is 0. The average Bonchev–Trinajstić information content (AvgIpc) is 3.32. The molecule has 0 aromatic heterocycles. The molecule has 0 aliphatic heterocycles. The maximum absolute atomic E-state index is 12.5. The topological polar surface area (TPSA) is 462 Å². The lowest BCUT2D eigenvalue weighted by Crippen LogP contribution is -2.63. The molecule has 0 heterocycles. The molecule has 68 heavy (non-hydrogen) atoms. The highest BCUT2D eigenvalue weighted by molar-refractivity contribution is 4.91. The number of aliphatic hydroxyl groups excluding tert-OH is 7. The summed E-state index contributed by atoms with van der Waals surface area (Å²) in [4.78, 5) is 70.4. The van der Waals surface area contributed by atoms with Gasteiger partial charge in [0.2, 0.25) is 0 Å². The maximum atomic E-state index is 12.5. The van der Waals surface area contributed by atoms with Gasteiger partial charge in [-0.2, -0.15) is 0 Å². The number of nitro groups is 6. The van der Waals surface area contributed by atoms with Crippen LogP contribution in [0.3, 0.4) is 0 Å². The standard InChI is InChI=1S/C28H56N8O15.C5H14N2.C5H11NO4/c1-6-24(19-37,32(42)43)15-29(16-25(7-2,20-38)33(44)45)11-13-31(28(10-5,23-41)36(50)51)14-12-30(17-26(8-3,21-39)34(46)47)18-27(9-4,22-40)35(48)49;6-4-2-1-3-5-7;1-2-5(3-7,4-8)6(9)10/h37-41H,6-23H2,1-5H3;1-7H2;7-8H,2-4H2,1H3. The van der Waals surface area contributed by atoms with E-state index in [1.54, 1.807) is 6.92 Å². The lowest BCUT2D eigenvalue weighted by Gasteiger charge is -2.40. The molecule has 0 radical (unpaired) electrons. The molecular weight excluding hydrogens is 914 g/mol.